The Morgan fingerprint density at radius 1 is 1.45 bits per heavy atom. The molecule has 112 valence electrons. The van der Waals surface area contributed by atoms with Gasteiger partial charge in [0.25, 0.3) is 0 Å². The molecule has 1 unspecified atom stereocenters. The second-order valence-electron chi connectivity index (χ2n) is 4.60. The Kier molecular flexibility index (Phi) is 6.79. The zero-order valence-corrected chi connectivity index (χ0v) is 12.2. The second kappa shape index (κ2) is 8.37. The fourth-order valence-electron chi connectivity index (χ4n) is 1.56. The number of carbonyl (C=O) groups is 2. The van der Waals surface area contributed by atoms with Crippen molar-refractivity contribution in [3.63, 3.8) is 0 Å². The lowest BCUT2D eigenvalue weighted by atomic mass is 10.2. The molecule has 6 nitrogen and oxygen atoms in total. The van der Waals surface area contributed by atoms with Crippen molar-refractivity contribution < 1.29 is 18.7 Å². The number of nitrogens with one attached hydrogen (secondary N) is 2. The standard InChI is InChI=1S/C14H22N2O4/c1-4-10(2)16-13(17)5-6-15-8-12-7-11(9-20-12)14(18)19-3/h7,9-10,15H,4-6,8H2,1-3H3,(H,16,17). The maximum absolute atomic E-state index is 11.5. The molecule has 20 heavy (non-hydrogen) atoms. The first kappa shape index (κ1) is 16.2. The first-order chi connectivity index (χ1) is 9.56. The van der Waals surface area contributed by atoms with Crippen LogP contribution < -0.4 is 10.6 Å². The highest BCUT2D eigenvalue weighted by Gasteiger charge is 2.10. The summed E-state index contributed by atoms with van der Waals surface area (Å²) in [6, 6.07) is 1.83. The van der Waals surface area contributed by atoms with Gasteiger partial charge in [-0.05, 0) is 19.4 Å². The molecule has 1 heterocycles. The summed E-state index contributed by atoms with van der Waals surface area (Å²) in [5, 5.41) is 5.98. The Morgan fingerprint density at radius 3 is 2.85 bits per heavy atom. The summed E-state index contributed by atoms with van der Waals surface area (Å²) >= 11 is 0. The second-order valence-corrected chi connectivity index (χ2v) is 4.60. The van der Waals surface area contributed by atoms with Crippen molar-refractivity contribution >= 4 is 11.9 Å². The molecule has 0 aromatic carbocycles. The lowest BCUT2D eigenvalue weighted by molar-refractivity contribution is -0.121. The molecule has 1 amide bonds. The number of furan rings is 1. The number of carbonyl (C=O) groups excluding carboxylic acids is 2. The van der Waals surface area contributed by atoms with Gasteiger partial charge in [0, 0.05) is 19.0 Å². The van der Waals surface area contributed by atoms with Gasteiger partial charge in [-0.1, -0.05) is 6.92 Å². The number of methoxy groups -OCH3 is 1. The van der Waals surface area contributed by atoms with E-state index in [4.69, 9.17) is 4.42 Å². The molecular weight excluding hydrogens is 260 g/mol. The fourth-order valence-corrected chi connectivity index (χ4v) is 1.56. The molecule has 0 spiro atoms. The number of rotatable bonds is 8. The monoisotopic (exact) mass is 282 g/mol. The maximum atomic E-state index is 11.5. The van der Waals surface area contributed by atoms with E-state index in [9.17, 15) is 9.59 Å². The molecule has 0 bridgehead atoms. The van der Waals surface area contributed by atoms with E-state index in [1.165, 1.54) is 13.4 Å². The smallest absolute Gasteiger partial charge is 0.341 e. The summed E-state index contributed by atoms with van der Waals surface area (Å²) in [6.45, 7) is 5.02. The van der Waals surface area contributed by atoms with Crippen LogP contribution in [0.15, 0.2) is 16.7 Å². The van der Waals surface area contributed by atoms with E-state index in [1.54, 1.807) is 6.07 Å². The third kappa shape index (κ3) is 5.44. The Balaban J connectivity index is 2.23. The minimum Gasteiger partial charge on any atom is -0.467 e. The van der Waals surface area contributed by atoms with Crippen LogP contribution in [0.5, 0.6) is 0 Å². The summed E-state index contributed by atoms with van der Waals surface area (Å²) in [6.07, 6.45) is 2.69. The summed E-state index contributed by atoms with van der Waals surface area (Å²) < 4.78 is 9.79. The van der Waals surface area contributed by atoms with Crippen molar-refractivity contribution in [2.45, 2.75) is 39.3 Å². The summed E-state index contributed by atoms with van der Waals surface area (Å²) in [5.74, 6) is 0.238. The molecule has 2 N–H and O–H groups in total. The predicted octanol–water partition coefficient (Wildman–Crippen LogP) is 1.46. The lowest BCUT2D eigenvalue weighted by Gasteiger charge is -2.11. The minimum absolute atomic E-state index is 0.0292. The number of hydrogen-bond donors (Lipinski definition) is 2. The Labute approximate surface area is 118 Å². The van der Waals surface area contributed by atoms with E-state index in [-0.39, 0.29) is 11.9 Å². The normalized spacial score (nSPS) is 11.9. The van der Waals surface area contributed by atoms with Crippen LogP contribution in [-0.2, 0) is 16.1 Å². The third-order valence-electron chi connectivity index (χ3n) is 2.92. The molecule has 0 saturated heterocycles. The van der Waals surface area contributed by atoms with Crippen molar-refractivity contribution in [1.29, 1.82) is 0 Å². The van der Waals surface area contributed by atoms with Gasteiger partial charge in [0.1, 0.15) is 12.0 Å². The molecule has 0 aliphatic rings. The summed E-state index contributed by atoms with van der Waals surface area (Å²) in [4.78, 5) is 22.7. The molecule has 6 heteroatoms. The molecule has 0 aliphatic heterocycles. The number of hydrogen-bond acceptors (Lipinski definition) is 5. The van der Waals surface area contributed by atoms with E-state index in [1.807, 2.05) is 13.8 Å². The van der Waals surface area contributed by atoms with Gasteiger partial charge in [-0.2, -0.15) is 0 Å². The van der Waals surface area contributed by atoms with Gasteiger partial charge in [-0.15, -0.1) is 0 Å². The minimum atomic E-state index is -0.423. The molecule has 1 atom stereocenters. The van der Waals surface area contributed by atoms with Gasteiger partial charge in [0.05, 0.1) is 19.2 Å². The van der Waals surface area contributed by atoms with Gasteiger partial charge in [-0.3, -0.25) is 4.79 Å². The van der Waals surface area contributed by atoms with Crippen LogP contribution in [0.2, 0.25) is 0 Å². The van der Waals surface area contributed by atoms with E-state index in [0.29, 0.717) is 30.8 Å². The van der Waals surface area contributed by atoms with Gasteiger partial charge >= 0.3 is 5.97 Å². The summed E-state index contributed by atoms with van der Waals surface area (Å²) in [5.41, 5.74) is 0.388. The first-order valence-electron chi connectivity index (χ1n) is 6.72. The Hall–Kier alpha value is -1.82. The maximum Gasteiger partial charge on any atom is 0.341 e. The highest BCUT2D eigenvalue weighted by Crippen LogP contribution is 2.08. The van der Waals surface area contributed by atoms with Crippen LogP contribution in [0.25, 0.3) is 0 Å². The van der Waals surface area contributed by atoms with Crippen LogP contribution >= 0.6 is 0 Å². The summed E-state index contributed by atoms with van der Waals surface area (Å²) in [7, 11) is 1.32. The first-order valence-corrected chi connectivity index (χ1v) is 6.72. The van der Waals surface area contributed by atoms with Crippen molar-refractivity contribution in [1.82, 2.24) is 10.6 Å². The Morgan fingerprint density at radius 2 is 2.20 bits per heavy atom. The largest absolute Gasteiger partial charge is 0.467 e. The molecule has 0 fully saturated rings. The van der Waals surface area contributed by atoms with Crippen molar-refractivity contribution in [2.24, 2.45) is 0 Å². The SMILES string of the molecule is CCC(C)NC(=O)CCNCc1cc(C(=O)OC)co1. The van der Waals surface area contributed by atoms with Gasteiger partial charge < -0.3 is 19.8 Å². The van der Waals surface area contributed by atoms with E-state index < -0.39 is 5.97 Å². The van der Waals surface area contributed by atoms with Gasteiger partial charge in [0.2, 0.25) is 5.91 Å². The van der Waals surface area contributed by atoms with Crippen LogP contribution in [-0.4, -0.2) is 31.6 Å². The highest BCUT2D eigenvalue weighted by molar-refractivity contribution is 5.88. The van der Waals surface area contributed by atoms with Crippen LogP contribution in [0.3, 0.4) is 0 Å². The van der Waals surface area contributed by atoms with Crippen molar-refractivity contribution in [2.75, 3.05) is 13.7 Å². The van der Waals surface area contributed by atoms with Gasteiger partial charge in [0.15, 0.2) is 0 Å². The molecule has 0 saturated carbocycles. The van der Waals surface area contributed by atoms with Gasteiger partial charge in [-0.25, -0.2) is 4.79 Å². The average molecular weight is 282 g/mol. The van der Waals surface area contributed by atoms with Crippen LogP contribution in [0.4, 0.5) is 0 Å². The van der Waals surface area contributed by atoms with Crippen molar-refractivity contribution in [3.8, 4) is 0 Å². The average Bonchev–Trinajstić information content (AvgIpc) is 2.91. The van der Waals surface area contributed by atoms with E-state index >= 15 is 0 Å². The molecule has 1 aromatic heterocycles. The topological polar surface area (TPSA) is 80.6 Å². The number of esters is 1. The molecular formula is C14H22N2O4. The third-order valence-corrected chi connectivity index (χ3v) is 2.92. The fraction of sp³-hybridized carbons (Fsp3) is 0.571. The Bertz CT molecular complexity index is 442. The van der Waals surface area contributed by atoms with Crippen LogP contribution in [0, 0.1) is 0 Å². The zero-order valence-electron chi connectivity index (χ0n) is 12.2. The quantitative estimate of drug-likeness (QED) is 0.557. The molecule has 1 aromatic rings. The van der Waals surface area contributed by atoms with E-state index in [2.05, 4.69) is 15.4 Å². The van der Waals surface area contributed by atoms with Crippen LogP contribution in [0.1, 0.15) is 42.8 Å². The lowest BCUT2D eigenvalue weighted by Crippen LogP contribution is -2.33. The molecule has 0 aliphatic carbocycles. The molecule has 1 rings (SSSR count). The van der Waals surface area contributed by atoms with Crippen molar-refractivity contribution in [3.05, 3.63) is 23.7 Å². The molecule has 0 radical (unpaired) electrons. The zero-order chi connectivity index (χ0) is 15.0. The predicted molar refractivity (Wildman–Crippen MR) is 74.3 cm³/mol. The highest BCUT2D eigenvalue weighted by atomic mass is 16.5. The van der Waals surface area contributed by atoms with E-state index in [0.717, 1.165) is 6.42 Å². The number of ether oxygens (including phenoxy) is 1. The number of amides is 1.